The Kier molecular flexibility index (Phi) is 6.26. The van der Waals surface area contributed by atoms with Gasteiger partial charge in [0.15, 0.2) is 10.8 Å². The van der Waals surface area contributed by atoms with Crippen LogP contribution in [0.25, 0.3) is 0 Å². The maximum Gasteiger partial charge on any atom is 0.352 e. The summed E-state index contributed by atoms with van der Waals surface area (Å²) in [7, 11) is 1.25. The number of ether oxygens (including phenoxy) is 1. The fraction of sp³-hybridized carbons (Fsp3) is 0.375. The zero-order valence-corrected chi connectivity index (χ0v) is 17.4. The normalized spacial score (nSPS) is 20.9. The van der Waals surface area contributed by atoms with E-state index in [0.29, 0.717) is 5.57 Å². The lowest BCUT2D eigenvalue weighted by atomic mass is 10.0. The molecule has 2 amide bonds. The second-order valence-electron chi connectivity index (χ2n) is 6.09. The smallest absolute Gasteiger partial charge is 0.352 e. The summed E-state index contributed by atoms with van der Waals surface area (Å²) in [6.45, 7) is 0.975. The molecule has 12 nitrogen and oxygen atoms in total. The summed E-state index contributed by atoms with van der Waals surface area (Å²) >= 11 is 2.35. The summed E-state index contributed by atoms with van der Waals surface area (Å²) in [5.41, 5.74) is 5.67. The highest BCUT2D eigenvalue weighted by Crippen LogP contribution is 2.40. The Bertz CT molecular complexity index is 973. The van der Waals surface area contributed by atoms with Crippen LogP contribution >= 0.6 is 23.1 Å². The number of carbonyl (C=O) groups excluding carboxylic acids is 3. The quantitative estimate of drug-likeness (QED) is 0.208. The molecule has 14 heteroatoms. The number of nitrogens with zero attached hydrogens (tertiary/aromatic N) is 3. The number of β-lactam (4-membered cyclic amide) rings is 1. The van der Waals surface area contributed by atoms with Crippen LogP contribution < -0.4 is 11.1 Å². The standard InChI is InChI=1S/C16H17N5O7S2/c1-6(22)28-3-7-4-29-14-10(13(24)21(14)11(7)15(25)26)19-12(23)9(20-27-2)8-5-30-16(17)18-8/h5,10,14H,3-4H2,1-2H3,(H2,17,18)(H,19,23)(H,25,26)/t10?,14-/m0/s1. The lowest BCUT2D eigenvalue weighted by molar-refractivity contribution is -0.150. The zero-order valence-electron chi connectivity index (χ0n) is 15.8. The van der Waals surface area contributed by atoms with Crippen molar-refractivity contribution in [2.45, 2.75) is 18.3 Å². The third-order valence-electron chi connectivity index (χ3n) is 4.15. The zero-order chi connectivity index (χ0) is 22.0. The van der Waals surface area contributed by atoms with Crippen LogP contribution in [0, 0.1) is 0 Å². The van der Waals surface area contributed by atoms with Crippen molar-refractivity contribution in [1.82, 2.24) is 15.2 Å². The topological polar surface area (TPSA) is 174 Å². The molecule has 0 aromatic carbocycles. The number of hydrogen-bond acceptors (Lipinski definition) is 11. The average molecular weight is 455 g/mol. The van der Waals surface area contributed by atoms with E-state index in [9.17, 15) is 24.3 Å². The van der Waals surface area contributed by atoms with Gasteiger partial charge in [-0.2, -0.15) is 0 Å². The van der Waals surface area contributed by atoms with Crippen LogP contribution in [0.5, 0.6) is 0 Å². The van der Waals surface area contributed by atoms with Crippen molar-refractivity contribution in [2.24, 2.45) is 5.16 Å². The van der Waals surface area contributed by atoms with E-state index in [0.717, 1.165) is 16.2 Å². The van der Waals surface area contributed by atoms with Crippen LogP contribution in [0.1, 0.15) is 12.6 Å². The first-order chi connectivity index (χ1) is 14.2. The number of thioether (sulfide) groups is 1. The van der Waals surface area contributed by atoms with Gasteiger partial charge in [-0.3, -0.25) is 19.3 Å². The van der Waals surface area contributed by atoms with Gasteiger partial charge in [0.1, 0.15) is 36.5 Å². The molecule has 2 aliphatic heterocycles. The molecule has 3 heterocycles. The first-order valence-corrected chi connectivity index (χ1v) is 10.3. The minimum absolute atomic E-state index is 0.165. The fourth-order valence-electron chi connectivity index (χ4n) is 2.88. The molecule has 0 saturated carbocycles. The third kappa shape index (κ3) is 4.09. The Morgan fingerprint density at radius 2 is 2.20 bits per heavy atom. The number of fused-ring (bicyclic) bond motifs is 1. The molecule has 30 heavy (non-hydrogen) atoms. The van der Waals surface area contributed by atoms with E-state index in [2.05, 4.69) is 20.3 Å². The molecule has 0 radical (unpaired) electrons. The molecule has 3 rings (SSSR count). The fourth-order valence-corrected chi connectivity index (χ4v) is 4.76. The Labute approximate surface area is 178 Å². The van der Waals surface area contributed by atoms with E-state index < -0.39 is 35.2 Å². The Morgan fingerprint density at radius 1 is 1.47 bits per heavy atom. The molecule has 0 spiro atoms. The molecule has 0 aliphatic carbocycles. The van der Waals surface area contributed by atoms with E-state index in [4.69, 9.17) is 10.5 Å². The molecule has 4 N–H and O–H groups in total. The Balaban J connectivity index is 1.77. The van der Waals surface area contributed by atoms with Gasteiger partial charge in [-0.25, -0.2) is 9.78 Å². The Morgan fingerprint density at radius 3 is 2.77 bits per heavy atom. The largest absolute Gasteiger partial charge is 0.477 e. The number of carboxylic acid groups (broad SMARTS) is 1. The third-order valence-corrected chi connectivity index (χ3v) is 6.16. The van der Waals surface area contributed by atoms with Crippen molar-refractivity contribution in [2.75, 3.05) is 25.2 Å². The highest BCUT2D eigenvalue weighted by Gasteiger charge is 2.54. The van der Waals surface area contributed by atoms with Gasteiger partial charge in [0.25, 0.3) is 11.8 Å². The predicted molar refractivity (Wildman–Crippen MR) is 106 cm³/mol. The summed E-state index contributed by atoms with van der Waals surface area (Å²) in [6, 6.07) is -0.967. The number of esters is 1. The van der Waals surface area contributed by atoms with E-state index in [1.165, 1.54) is 31.2 Å². The molecule has 1 unspecified atom stereocenters. The molecule has 0 bridgehead atoms. The number of hydrogen-bond donors (Lipinski definition) is 3. The summed E-state index contributed by atoms with van der Waals surface area (Å²) in [6.07, 6.45) is 0. The number of carboxylic acids is 1. The van der Waals surface area contributed by atoms with Crippen molar-refractivity contribution in [3.05, 3.63) is 22.3 Å². The van der Waals surface area contributed by atoms with Gasteiger partial charge >= 0.3 is 11.9 Å². The van der Waals surface area contributed by atoms with Gasteiger partial charge in [0, 0.05) is 23.6 Å². The summed E-state index contributed by atoms with van der Waals surface area (Å²) in [5.74, 6) is -2.98. The molecule has 2 aliphatic rings. The number of thiazole rings is 1. The second kappa shape index (κ2) is 8.71. The van der Waals surface area contributed by atoms with E-state index >= 15 is 0 Å². The number of nitrogens with one attached hydrogen (secondary N) is 1. The van der Waals surface area contributed by atoms with Gasteiger partial charge in [-0.05, 0) is 0 Å². The van der Waals surface area contributed by atoms with Crippen molar-refractivity contribution in [3.63, 3.8) is 0 Å². The van der Waals surface area contributed by atoms with E-state index in [-0.39, 0.29) is 34.6 Å². The number of aromatic nitrogens is 1. The van der Waals surface area contributed by atoms with Crippen molar-refractivity contribution >= 4 is 57.7 Å². The van der Waals surface area contributed by atoms with Crippen LogP contribution in [0.3, 0.4) is 0 Å². The number of aliphatic carboxylic acids is 1. The molecular weight excluding hydrogens is 438 g/mol. The van der Waals surface area contributed by atoms with Gasteiger partial charge in [0.2, 0.25) is 0 Å². The van der Waals surface area contributed by atoms with E-state index in [1.54, 1.807) is 0 Å². The molecule has 1 saturated heterocycles. The SMILES string of the molecule is CON=C(C(=O)NC1C(=O)N2C(C(=O)O)=C(COC(C)=O)CS[C@@H]12)c1csc(N)n1. The maximum atomic E-state index is 12.7. The number of carbonyl (C=O) groups is 4. The Hall–Kier alpha value is -3.13. The first kappa shape index (κ1) is 21.6. The molecule has 1 fully saturated rings. The predicted octanol–water partition coefficient (Wildman–Crippen LogP) is -0.622. The number of oxime groups is 1. The summed E-state index contributed by atoms with van der Waals surface area (Å²) in [5, 5.41) is 16.9. The van der Waals surface area contributed by atoms with Gasteiger partial charge in [-0.1, -0.05) is 5.16 Å². The van der Waals surface area contributed by atoms with Crippen LogP contribution in [0.2, 0.25) is 0 Å². The number of anilines is 1. The first-order valence-electron chi connectivity index (χ1n) is 8.41. The highest BCUT2D eigenvalue weighted by molar-refractivity contribution is 8.00. The maximum absolute atomic E-state index is 12.7. The van der Waals surface area contributed by atoms with Crippen molar-refractivity contribution in [3.8, 4) is 0 Å². The molecule has 1 aromatic rings. The molecular formula is C16H17N5O7S2. The van der Waals surface area contributed by atoms with Crippen molar-refractivity contribution < 1.29 is 33.9 Å². The number of rotatable bonds is 7. The second-order valence-corrected chi connectivity index (χ2v) is 8.09. The average Bonchev–Trinajstić information content (AvgIpc) is 3.13. The molecule has 1 aromatic heterocycles. The van der Waals surface area contributed by atoms with Gasteiger partial charge < -0.3 is 25.7 Å². The van der Waals surface area contributed by atoms with Crippen LogP contribution in [0.4, 0.5) is 5.13 Å². The number of amides is 2. The lowest BCUT2D eigenvalue weighted by Crippen LogP contribution is -2.71. The molecule has 2 atom stereocenters. The number of nitrogens with two attached hydrogens (primary N) is 1. The van der Waals surface area contributed by atoms with E-state index in [1.807, 2.05) is 0 Å². The lowest BCUT2D eigenvalue weighted by Gasteiger charge is -2.49. The number of nitrogen functional groups attached to an aromatic ring is 1. The minimum Gasteiger partial charge on any atom is -0.477 e. The van der Waals surface area contributed by atoms with Gasteiger partial charge in [-0.15, -0.1) is 23.1 Å². The van der Waals surface area contributed by atoms with Gasteiger partial charge in [0.05, 0.1) is 0 Å². The summed E-state index contributed by atoms with van der Waals surface area (Å²) < 4.78 is 4.88. The highest BCUT2D eigenvalue weighted by atomic mass is 32.2. The van der Waals surface area contributed by atoms with Crippen LogP contribution in [-0.4, -0.2) is 75.3 Å². The molecule has 160 valence electrons. The minimum atomic E-state index is -1.32. The van der Waals surface area contributed by atoms with Crippen LogP contribution in [0.15, 0.2) is 21.8 Å². The monoisotopic (exact) mass is 455 g/mol. The van der Waals surface area contributed by atoms with Crippen molar-refractivity contribution in [1.29, 1.82) is 0 Å². The van der Waals surface area contributed by atoms with Crippen LogP contribution in [-0.2, 0) is 28.8 Å². The summed E-state index contributed by atoms with van der Waals surface area (Å²) in [4.78, 5) is 57.8.